The number of aromatic nitrogens is 3. The molecule has 1 heterocycles. The van der Waals surface area contributed by atoms with E-state index in [1.165, 1.54) is 0 Å². The molecule has 0 spiro atoms. The minimum absolute atomic E-state index is 0.129. The van der Waals surface area contributed by atoms with Crippen molar-refractivity contribution >= 4 is 17.2 Å². The molecule has 0 saturated heterocycles. The van der Waals surface area contributed by atoms with E-state index in [2.05, 4.69) is 15.2 Å². The highest BCUT2D eigenvalue weighted by atomic mass is 32.1. The Bertz CT molecular complexity index is 404. The summed E-state index contributed by atoms with van der Waals surface area (Å²) in [7, 11) is 5.73. The van der Waals surface area contributed by atoms with Crippen LogP contribution in [0.25, 0.3) is 0 Å². The summed E-state index contributed by atoms with van der Waals surface area (Å²) < 4.78 is 7.15. The molecular formula is C11H21N5OS. The summed E-state index contributed by atoms with van der Waals surface area (Å²) in [6.45, 7) is 3.70. The summed E-state index contributed by atoms with van der Waals surface area (Å²) >= 11 is 4.98. The van der Waals surface area contributed by atoms with Gasteiger partial charge in [0.05, 0.1) is 11.8 Å². The fraction of sp³-hybridized carbons (Fsp3) is 0.727. The maximum Gasteiger partial charge on any atom is 0.145 e. The van der Waals surface area contributed by atoms with Crippen LogP contribution in [0.2, 0.25) is 0 Å². The van der Waals surface area contributed by atoms with E-state index in [1.807, 2.05) is 25.7 Å². The zero-order valence-electron chi connectivity index (χ0n) is 11.4. The lowest BCUT2D eigenvalue weighted by atomic mass is 10.2. The quantitative estimate of drug-likeness (QED) is 0.731. The van der Waals surface area contributed by atoms with Crippen molar-refractivity contribution in [3.8, 4) is 0 Å². The summed E-state index contributed by atoms with van der Waals surface area (Å²) in [5.74, 6) is 0. The Kier molecular flexibility index (Phi) is 5.64. The van der Waals surface area contributed by atoms with Gasteiger partial charge in [-0.15, -0.1) is 5.10 Å². The molecule has 0 aromatic carbocycles. The van der Waals surface area contributed by atoms with E-state index in [0.717, 1.165) is 25.2 Å². The molecule has 1 aromatic rings. The first-order chi connectivity index (χ1) is 8.47. The van der Waals surface area contributed by atoms with E-state index in [9.17, 15) is 0 Å². The largest absolute Gasteiger partial charge is 0.388 e. The Morgan fingerprint density at radius 3 is 2.72 bits per heavy atom. The molecule has 1 rings (SSSR count). The van der Waals surface area contributed by atoms with Gasteiger partial charge in [-0.2, -0.15) is 0 Å². The third-order valence-electron chi connectivity index (χ3n) is 2.72. The monoisotopic (exact) mass is 271 g/mol. The van der Waals surface area contributed by atoms with Crippen molar-refractivity contribution in [1.29, 1.82) is 0 Å². The van der Waals surface area contributed by atoms with Crippen LogP contribution in [0.5, 0.6) is 0 Å². The van der Waals surface area contributed by atoms with Crippen molar-refractivity contribution < 1.29 is 4.74 Å². The molecular weight excluding hydrogens is 250 g/mol. The number of hydrogen-bond acceptors (Lipinski definition) is 5. The molecule has 102 valence electrons. The topological polar surface area (TPSA) is 69.2 Å². The van der Waals surface area contributed by atoms with E-state index >= 15 is 0 Å². The van der Waals surface area contributed by atoms with Crippen LogP contribution in [-0.4, -0.2) is 52.6 Å². The van der Waals surface area contributed by atoms with Crippen LogP contribution in [0.3, 0.4) is 0 Å². The summed E-state index contributed by atoms with van der Waals surface area (Å²) in [5, 5.41) is 8.14. The molecule has 0 aliphatic carbocycles. The first-order valence-corrected chi connectivity index (χ1v) is 6.29. The van der Waals surface area contributed by atoms with Crippen molar-refractivity contribution in [2.24, 2.45) is 5.73 Å². The molecule has 1 unspecified atom stereocenters. The fourth-order valence-electron chi connectivity index (χ4n) is 1.71. The molecule has 0 fully saturated rings. The van der Waals surface area contributed by atoms with Crippen LogP contribution >= 0.6 is 12.2 Å². The van der Waals surface area contributed by atoms with Gasteiger partial charge in [0, 0.05) is 13.7 Å². The van der Waals surface area contributed by atoms with Gasteiger partial charge in [-0.3, -0.25) is 0 Å². The van der Waals surface area contributed by atoms with E-state index in [-0.39, 0.29) is 11.1 Å². The highest BCUT2D eigenvalue weighted by Gasteiger charge is 2.20. The van der Waals surface area contributed by atoms with Gasteiger partial charge in [0.2, 0.25) is 0 Å². The van der Waals surface area contributed by atoms with Gasteiger partial charge in [0.25, 0.3) is 0 Å². The lowest BCUT2D eigenvalue weighted by Crippen LogP contribution is -2.19. The van der Waals surface area contributed by atoms with E-state index in [4.69, 9.17) is 22.7 Å². The lowest BCUT2D eigenvalue weighted by molar-refractivity contribution is 0.111. The van der Waals surface area contributed by atoms with Gasteiger partial charge >= 0.3 is 0 Å². The van der Waals surface area contributed by atoms with Crippen LogP contribution < -0.4 is 5.73 Å². The molecule has 0 amide bonds. The second-order valence-electron chi connectivity index (χ2n) is 4.45. The van der Waals surface area contributed by atoms with Crippen molar-refractivity contribution in [2.45, 2.75) is 26.0 Å². The first-order valence-electron chi connectivity index (χ1n) is 5.88. The molecule has 0 radical (unpaired) electrons. The Labute approximate surface area is 113 Å². The fourth-order valence-corrected chi connectivity index (χ4v) is 1.86. The van der Waals surface area contributed by atoms with Gasteiger partial charge < -0.3 is 15.4 Å². The number of thiocarbonyl (C=S) groups is 1. The summed E-state index contributed by atoms with van der Waals surface area (Å²) in [5.41, 5.74) is 7.06. The molecule has 2 N–H and O–H groups in total. The van der Waals surface area contributed by atoms with Gasteiger partial charge in [0.15, 0.2) is 0 Å². The van der Waals surface area contributed by atoms with Gasteiger partial charge in [-0.1, -0.05) is 17.4 Å². The van der Waals surface area contributed by atoms with Crippen molar-refractivity contribution in [2.75, 3.05) is 27.7 Å². The number of aryl methyl sites for hydroxylation is 1. The zero-order valence-corrected chi connectivity index (χ0v) is 12.2. The van der Waals surface area contributed by atoms with E-state index in [0.29, 0.717) is 5.69 Å². The van der Waals surface area contributed by atoms with Crippen molar-refractivity contribution in [3.05, 3.63) is 11.4 Å². The molecule has 0 aliphatic heterocycles. The predicted molar refractivity (Wildman–Crippen MR) is 74.5 cm³/mol. The smallest absolute Gasteiger partial charge is 0.145 e. The number of ether oxygens (including phenoxy) is 1. The molecule has 6 nitrogen and oxygen atoms in total. The summed E-state index contributed by atoms with van der Waals surface area (Å²) in [4.78, 5) is 2.39. The number of hydrogen-bond donors (Lipinski definition) is 1. The highest BCUT2D eigenvalue weighted by molar-refractivity contribution is 7.80. The van der Waals surface area contributed by atoms with E-state index < -0.39 is 0 Å². The zero-order chi connectivity index (χ0) is 13.7. The third kappa shape index (κ3) is 3.72. The van der Waals surface area contributed by atoms with Crippen LogP contribution in [0.15, 0.2) is 0 Å². The minimum atomic E-state index is -0.129. The van der Waals surface area contributed by atoms with Gasteiger partial charge in [-0.05, 0) is 34.0 Å². The Balaban J connectivity index is 2.87. The SMILES string of the molecule is COC(C)c1c(C(N)=S)nnn1CCCN(C)C. The van der Waals surface area contributed by atoms with Crippen LogP contribution in [0, 0.1) is 0 Å². The van der Waals surface area contributed by atoms with Crippen LogP contribution in [0.4, 0.5) is 0 Å². The number of nitrogens with zero attached hydrogens (tertiary/aromatic N) is 4. The molecule has 7 heteroatoms. The Morgan fingerprint density at radius 1 is 1.56 bits per heavy atom. The maximum absolute atomic E-state index is 5.65. The predicted octanol–water partition coefficient (Wildman–Crippen LogP) is 0.571. The average molecular weight is 271 g/mol. The minimum Gasteiger partial charge on any atom is -0.388 e. The summed E-state index contributed by atoms with van der Waals surface area (Å²) in [6.07, 6.45) is 0.854. The number of rotatable bonds is 7. The molecule has 18 heavy (non-hydrogen) atoms. The lowest BCUT2D eigenvalue weighted by Gasteiger charge is -2.14. The molecule has 0 saturated carbocycles. The average Bonchev–Trinajstić information content (AvgIpc) is 2.71. The van der Waals surface area contributed by atoms with Crippen molar-refractivity contribution in [3.63, 3.8) is 0 Å². The maximum atomic E-state index is 5.65. The molecule has 1 aromatic heterocycles. The summed E-state index contributed by atoms with van der Waals surface area (Å²) in [6, 6.07) is 0. The number of nitrogens with two attached hydrogens (primary N) is 1. The van der Waals surface area contributed by atoms with Crippen LogP contribution in [-0.2, 0) is 11.3 Å². The van der Waals surface area contributed by atoms with Crippen molar-refractivity contribution in [1.82, 2.24) is 19.9 Å². The second kappa shape index (κ2) is 6.77. The normalized spacial score (nSPS) is 12.9. The standard InChI is InChI=1S/C11H21N5OS/c1-8(17-4)10-9(11(12)18)13-14-16(10)7-5-6-15(2)3/h8H,5-7H2,1-4H3,(H2,12,18). The Hall–Kier alpha value is -1.05. The van der Waals surface area contributed by atoms with Crippen LogP contribution in [0.1, 0.15) is 30.8 Å². The highest BCUT2D eigenvalue weighted by Crippen LogP contribution is 2.19. The number of methoxy groups -OCH3 is 1. The van der Waals surface area contributed by atoms with Gasteiger partial charge in [0.1, 0.15) is 10.7 Å². The second-order valence-corrected chi connectivity index (χ2v) is 4.89. The first kappa shape index (κ1) is 15.0. The third-order valence-corrected chi connectivity index (χ3v) is 2.91. The molecule has 0 bridgehead atoms. The molecule has 1 atom stereocenters. The van der Waals surface area contributed by atoms with E-state index in [1.54, 1.807) is 7.11 Å². The Morgan fingerprint density at radius 2 is 2.22 bits per heavy atom. The molecule has 0 aliphatic rings. The van der Waals surface area contributed by atoms with Gasteiger partial charge in [-0.25, -0.2) is 4.68 Å².